The minimum Gasteiger partial charge on any atom is -0.331 e. The van der Waals surface area contributed by atoms with Crippen LogP contribution in [-0.2, 0) is 0 Å². The molecule has 1 unspecified atom stereocenters. The molecule has 0 spiro atoms. The smallest absolute Gasteiger partial charge is 0.178 e. The summed E-state index contributed by atoms with van der Waals surface area (Å²) in [6, 6.07) is 9.78. The fourth-order valence-corrected chi connectivity index (χ4v) is 3.80. The number of fused-ring (bicyclic) bond motifs is 1. The van der Waals surface area contributed by atoms with Crippen molar-refractivity contribution in [3.63, 3.8) is 0 Å². The predicted octanol–water partition coefficient (Wildman–Crippen LogP) is 5.68. The van der Waals surface area contributed by atoms with Crippen LogP contribution in [0, 0.1) is 4.77 Å². The highest BCUT2D eigenvalue weighted by molar-refractivity contribution is 7.71. The van der Waals surface area contributed by atoms with E-state index >= 15 is 0 Å². The quantitative estimate of drug-likeness (QED) is 0.600. The van der Waals surface area contributed by atoms with Gasteiger partial charge in [-0.25, -0.2) is 0 Å². The molecular weight excluding hydrogens is 319 g/mol. The number of rotatable bonds is 2. The summed E-state index contributed by atoms with van der Waals surface area (Å²) < 4.78 is 3.54. The zero-order valence-electron chi connectivity index (χ0n) is 9.98. The van der Waals surface area contributed by atoms with E-state index in [0.717, 1.165) is 15.4 Å². The number of halogens is 2. The molecule has 1 atom stereocenters. The lowest BCUT2D eigenvalue weighted by atomic mass is 10.2. The number of benzene rings is 1. The Hall–Kier alpha value is -0.810. The van der Waals surface area contributed by atoms with Gasteiger partial charge in [-0.1, -0.05) is 23.2 Å². The Morgan fingerprint density at radius 3 is 2.74 bits per heavy atom. The molecule has 0 amide bonds. The van der Waals surface area contributed by atoms with Crippen molar-refractivity contribution in [2.24, 2.45) is 0 Å². The van der Waals surface area contributed by atoms with Gasteiger partial charge in [0.1, 0.15) is 0 Å². The molecule has 2 heterocycles. The summed E-state index contributed by atoms with van der Waals surface area (Å²) in [5.74, 6) is 0. The number of hydrogen-bond acceptors (Lipinski definition) is 2. The van der Waals surface area contributed by atoms with Crippen LogP contribution >= 0.6 is 46.8 Å². The van der Waals surface area contributed by atoms with Crippen molar-refractivity contribution in [3.05, 3.63) is 49.3 Å². The number of imidazole rings is 1. The van der Waals surface area contributed by atoms with Crippen molar-refractivity contribution in [2.75, 3.05) is 0 Å². The van der Waals surface area contributed by atoms with Crippen LogP contribution in [0.5, 0.6) is 0 Å². The third kappa shape index (κ3) is 2.34. The van der Waals surface area contributed by atoms with E-state index in [2.05, 4.69) is 16.5 Å². The Kier molecular flexibility index (Phi) is 3.43. The molecule has 0 saturated carbocycles. The summed E-state index contributed by atoms with van der Waals surface area (Å²) in [6.45, 7) is 2.10. The van der Waals surface area contributed by atoms with Crippen LogP contribution in [-0.4, -0.2) is 9.55 Å². The third-order valence-electron chi connectivity index (χ3n) is 3.07. The van der Waals surface area contributed by atoms with Gasteiger partial charge in [-0.05, 0) is 49.5 Å². The molecule has 0 fully saturated rings. The molecule has 2 aromatic heterocycles. The fraction of sp³-hybridized carbons (Fsp3) is 0.154. The second-order valence-corrected chi connectivity index (χ2v) is 6.85. The van der Waals surface area contributed by atoms with Crippen molar-refractivity contribution in [3.8, 4) is 0 Å². The van der Waals surface area contributed by atoms with Gasteiger partial charge in [0.25, 0.3) is 0 Å². The maximum Gasteiger partial charge on any atom is 0.178 e. The minimum absolute atomic E-state index is 0.122. The number of thiophene rings is 1. The lowest BCUT2D eigenvalue weighted by Crippen LogP contribution is -2.04. The van der Waals surface area contributed by atoms with Crippen LogP contribution in [0.3, 0.4) is 0 Å². The van der Waals surface area contributed by atoms with Gasteiger partial charge >= 0.3 is 0 Å². The van der Waals surface area contributed by atoms with E-state index in [1.807, 2.05) is 30.3 Å². The molecule has 0 bridgehead atoms. The molecule has 0 radical (unpaired) electrons. The number of aromatic nitrogens is 2. The van der Waals surface area contributed by atoms with Gasteiger partial charge in [0.15, 0.2) is 4.77 Å². The Morgan fingerprint density at radius 1 is 1.26 bits per heavy atom. The summed E-state index contributed by atoms with van der Waals surface area (Å²) in [7, 11) is 0. The molecular formula is C13H10Cl2N2S2. The van der Waals surface area contributed by atoms with E-state index in [-0.39, 0.29) is 6.04 Å². The van der Waals surface area contributed by atoms with Gasteiger partial charge in [0.05, 0.1) is 21.4 Å². The van der Waals surface area contributed by atoms with Crippen molar-refractivity contribution in [1.82, 2.24) is 9.55 Å². The molecule has 6 heteroatoms. The van der Waals surface area contributed by atoms with Crippen LogP contribution in [0.15, 0.2) is 30.3 Å². The Labute approximate surface area is 129 Å². The van der Waals surface area contributed by atoms with Crippen molar-refractivity contribution in [2.45, 2.75) is 13.0 Å². The molecule has 0 aliphatic carbocycles. The Morgan fingerprint density at radius 2 is 2.05 bits per heavy atom. The zero-order valence-corrected chi connectivity index (χ0v) is 13.1. The molecule has 0 aliphatic rings. The molecule has 1 aromatic carbocycles. The maximum absolute atomic E-state index is 6.07. The number of aromatic amines is 1. The van der Waals surface area contributed by atoms with Gasteiger partial charge in [0.2, 0.25) is 0 Å². The molecule has 3 aromatic rings. The standard InChI is InChI=1S/C13H10Cl2N2S2/c1-7(11-4-5-12(15)19-11)17-10-6-8(14)2-3-9(10)16-13(17)18/h2-7H,1H3,(H,16,18). The van der Waals surface area contributed by atoms with Crippen LogP contribution in [0.2, 0.25) is 9.36 Å². The summed E-state index contributed by atoms with van der Waals surface area (Å²) in [5, 5.41) is 0.701. The van der Waals surface area contributed by atoms with E-state index in [0.29, 0.717) is 9.79 Å². The minimum atomic E-state index is 0.122. The highest BCUT2D eigenvalue weighted by Crippen LogP contribution is 2.32. The molecule has 3 rings (SSSR count). The first-order chi connectivity index (χ1) is 9.06. The van der Waals surface area contributed by atoms with E-state index in [4.69, 9.17) is 35.4 Å². The SMILES string of the molecule is CC(c1ccc(Cl)s1)n1c(=S)[nH]c2ccc(Cl)cc21. The monoisotopic (exact) mass is 328 g/mol. The molecule has 19 heavy (non-hydrogen) atoms. The summed E-state index contributed by atoms with van der Waals surface area (Å²) in [6.07, 6.45) is 0. The van der Waals surface area contributed by atoms with Crippen molar-refractivity contribution < 1.29 is 0 Å². The second kappa shape index (κ2) is 4.94. The number of nitrogens with zero attached hydrogens (tertiary/aromatic N) is 1. The normalized spacial score (nSPS) is 13.0. The first-order valence-corrected chi connectivity index (χ1v) is 7.69. The van der Waals surface area contributed by atoms with Gasteiger partial charge in [0, 0.05) is 9.90 Å². The topological polar surface area (TPSA) is 20.7 Å². The molecule has 0 saturated heterocycles. The van der Waals surface area contributed by atoms with Crippen molar-refractivity contribution >= 4 is 57.8 Å². The van der Waals surface area contributed by atoms with Crippen LogP contribution in [0.4, 0.5) is 0 Å². The lowest BCUT2D eigenvalue weighted by molar-refractivity contribution is 0.661. The first kappa shape index (κ1) is 13.2. The van der Waals surface area contributed by atoms with Gasteiger partial charge in [-0.15, -0.1) is 11.3 Å². The average Bonchev–Trinajstić information content (AvgIpc) is 2.91. The van der Waals surface area contributed by atoms with Gasteiger partial charge in [-0.2, -0.15) is 0 Å². The zero-order chi connectivity index (χ0) is 13.6. The Balaban J connectivity index is 2.21. The molecule has 2 nitrogen and oxygen atoms in total. The second-order valence-electron chi connectivity index (χ2n) is 4.28. The lowest BCUT2D eigenvalue weighted by Gasteiger charge is -2.12. The van der Waals surface area contributed by atoms with Crippen LogP contribution in [0.25, 0.3) is 11.0 Å². The van der Waals surface area contributed by atoms with Crippen LogP contribution < -0.4 is 0 Å². The van der Waals surface area contributed by atoms with Gasteiger partial charge < -0.3 is 9.55 Å². The van der Waals surface area contributed by atoms with E-state index in [1.165, 1.54) is 4.88 Å². The molecule has 98 valence electrons. The van der Waals surface area contributed by atoms with E-state index < -0.39 is 0 Å². The van der Waals surface area contributed by atoms with Crippen LogP contribution in [0.1, 0.15) is 17.8 Å². The summed E-state index contributed by atoms with van der Waals surface area (Å²) in [4.78, 5) is 4.37. The van der Waals surface area contributed by atoms with E-state index in [1.54, 1.807) is 11.3 Å². The fourth-order valence-electron chi connectivity index (χ4n) is 2.16. The summed E-state index contributed by atoms with van der Waals surface area (Å²) >= 11 is 19.1. The van der Waals surface area contributed by atoms with Gasteiger partial charge in [-0.3, -0.25) is 0 Å². The van der Waals surface area contributed by atoms with Crippen molar-refractivity contribution in [1.29, 1.82) is 0 Å². The molecule has 0 aliphatic heterocycles. The first-order valence-electron chi connectivity index (χ1n) is 5.71. The number of H-pyrrole nitrogens is 1. The molecule has 1 N–H and O–H groups in total. The highest BCUT2D eigenvalue weighted by atomic mass is 35.5. The highest BCUT2D eigenvalue weighted by Gasteiger charge is 2.15. The predicted molar refractivity (Wildman–Crippen MR) is 85.3 cm³/mol. The average molecular weight is 329 g/mol. The Bertz CT molecular complexity index is 800. The number of nitrogens with one attached hydrogen (secondary N) is 1. The third-order valence-corrected chi connectivity index (χ3v) is 5.01. The number of hydrogen-bond donors (Lipinski definition) is 1. The largest absolute Gasteiger partial charge is 0.331 e. The van der Waals surface area contributed by atoms with E-state index in [9.17, 15) is 0 Å². The summed E-state index contributed by atoms with van der Waals surface area (Å²) in [5.41, 5.74) is 2.00. The maximum atomic E-state index is 6.07.